The Balaban J connectivity index is 1.54. The molecular formula is C27H26F4N2O6. The molecule has 208 valence electrons. The molecule has 2 saturated carbocycles. The molecule has 5 rings (SSSR count). The van der Waals surface area contributed by atoms with Crippen molar-refractivity contribution in [1.82, 2.24) is 4.90 Å². The summed E-state index contributed by atoms with van der Waals surface area (Å²) in [6, 6.07) is 5.73. The number of nitrogens with zero attached hydrogens (tertiary/aromatic N) is 2. The van der Waals surface area contributed by atoms with Crippen LogP contribution in [0.5, 0.6) is 11.5 Å². The molecule has 2 aromatic rings. The first-order chi connectivity index (χ1) is 18.4. The summed E-state index contributed by atoms with van der Waals surface area (Å²) in [5.74, 6) is -4.57. The number of carboxylic acid groups (broad SMARTS) is 1. The molecule has 0 saturated heterocycles. The van der Waals surface area contributed by atoms with Crippen LogP contribution in [0.4, 0.5) is 23.2 Å². The Labute approximate surface area is 220 Å². The largest absolute Gasteiger partial charge is 0.573 e. The van der Waals surface area contributed by atoms with Crippen molar-refractivity contribution in [3.8, 4) is 11.5 Å². The maximum absolute atomic E-state index is 14.6. The van der Waals surface area contributed by atoms with E-state index in [0.717, 1.165) is 37.5 Å². The molecule has 2 N–H and O–H groups in total. The normalized spacial score (nSPS) is 22.2. The zero-order chi connectivity index (χ0) is 28.1. The van der Waals surface area contributed by atoms with Gasteiger partial charge in [-0.3, -0.25) is 14.4 Å². The molecule has 0 spiro atoms. The lowest BCUT2D eigenvalue weighted by Gasteiger charge is -2.48. The lowest BCUT2D eigenvalue weighted by atomic mass is 9.81. The number of alkyl halides is 3. The van der Waals surface area contributed by atoms with Crippen molar-refractivity contribution in [1.29, 1.82) is 0 Å². The number of aromatic hydroxyl groups is 1. The minimum atomic E-state index is -5.03. The van der Waals surface area contributed by atoms with Gasteiger partial charge in [0.15, 0.2) is 11.5 Å². The predicted molar refractivity (Wildman–Crippen MR) is 129 cm³/mol. The smallest absolute Gasteiger partial charge is 0.504 e. The number of carbonyl (C=O) groups is 3. The summed E-state index contributed by atoms with van der Waals surface area (Å²) in [5, 5.41) is 19.2. The first-order valence-corrected chi connectivity index (χ1v) is 12.7. The van der Waals surface area contributed by atoms with Gasteiger partial charge in [0.05, 0.1) is 12.5 Å². The maximum atomic E-state index is 14.6. The van der Waals surface area contributed by atoms with Crippen LogP contribution in [0, 0.1) is 11.7 Å². The number of anilines is 1. The number of phenols is 1. The van der Waals surface area contributed by atoms with Gasteiger partial charge in [-0.1, -0.05) is 6.42 Å². The molecule has 12 heteroatoms. The number of rotatable bonds is 7. The number of hydrogen-bond acceptors (Lipinski definition) is 5. The summed E-state index contributed by atoms with van der Waals surface area (Å²) < 4.78 is 56.3. The maximum Gasteiger partial charge on any atom is 0.573 e. The molecule has 8 nitrogen and oxygen atoms in total. The average molecular weight is 551 g/mol. The Morgan fingerprint density at radius 3 is 2.41 bits per heavy atom. The third-order valence-corrected chi connectivity index (χ3v) is 7.57. The number of hydrogen-bond donors (Lipinski definition) is 2. The topological polar surface area (TPSA) is 107 Å². The van der Waals surface area contributed by atoms with E-state index in [2.05, 4.69) is 4.74 Å². The molecule has 2 aliphatic carbocycles. The monoisotopic (exact) mass is 550 g/mol. The SMILES string of the molecule is O=C(O)CCC(=O)N(C1CC1)C1c2cc(F)ccc2N(C(=O)c2ccc(OC(F)(F)F)c(O)c2)C2CCCC21. The van der Waals surface area contributed by atoms with Gasteiger partial charge < -0.3 is 24.7 Å². The van der Waals surface area contributed by atoms with Gasteiger partial charge >= 0.3 is 12.3 Å². The lowest BCUT2D eigenvalue weighted by Crippen LogP contribution is -2.53. The van der Waals surface area contributed by atoms with Crippen molar-refractivity contribution in [2.75, 3.05) is 4.90 Å². The summed E-state index contributed by atoms with van der Waals surface area (Å²) in [5.41, 5.74) is 0.697. The van der Waals surface area contributed by atoms with E-state index in [-0.39, 0.29) is 36.3 Å². The molecule has 0 bridgehead atoms. The van der Waals surface area contributed by atoms with E-state index < -0.39 is 47.6 Å². The van der Waals surface area contributed by atoms with E-state index in [4.69, 9.17) is 5.11 Å². The van der Waals surface area contributed by atoms with Crippen molar-refractivity contribution < 1.29 is 46.9 Å². The fraction of sp³-hybridized carbons (Fsp3) is 0.444. The molecular weight excluding hydrogens is 524 g/mol. The van der Waals surface area contributed by atoms with E-state index in [1.165, 1.54) is 23.1 Å². The molecule has 1 aliphatic heterocycles. The van der Waals surface area contributed by atoms with Crippen molar-refractivity contribution >= 4 is 23.5 Å². The third kappa shape index (κ3) is 5.37. The van der Waals surface area contributed by atoms with Crippen molar-refractivity contribution in [3.05, 3.63) is 53.3 Å². The van der Waals surface area contributed by atoms with Crippen LogP contribution in [-0.4, -0.2) is 51.3 Å². The van der Waals surface area contributed by atoms with E-state index >= 15 is 0 Å². The highest BCUT2D eigenvalue weighted by Gasteiger charge is 2.51. The summed E-state index contributed by atoms with van der Waals surface area (Å²) in [4.78, 5) is 41.4. The van der Waals surface area contributed by atoms with Gasteiger partial charge in [0, 0.05) is 41.2 Å². The predicted octanol–water partition coefficient (Wildman–Crippen LogP) is 5.16. The highest BCUT2D eigenvalue weighted by molar-refractivity contribution is 6.08. The second-order valence-corrected chi connectivity index (χ2v) is 10.1. The molecule has 0 aromatic heterocycles. The molecule has 3 aliphatic rings. The number of ether oxygens (including phenoxy) is 1. The summed E-state index contributed by atoms with van der Waals surface area (Å²) in [7, 11) is 0. The number of fused-ring (bicyclic) bond motifs is 2. The highest BCUT2D eigenvalue weighted by atomic mass is 19.4. The minimum Gasteiger partial charge on any atom is -0.504 e. The molecule has 1 heterocycles. The van der Waals surface area contributed by atoms with E-state index in [1.807, 2.05) is 0 Å². The number of benzene rings is 2. The number of amides is 2. The van der Waals surface area contributed by atoms with Gasteiger partial charge in [0.1, 0.15) is 5.82 Å². The molecule has 39 heavy (non-hydrogen) atoms. The van der Waals surface area contributed by atoms with Gasteiger partial charge in [0.2, 0.25) is 5.91 Å². The number of halogens is 4. The first-order valence-electron chi connectivity index (χ1n) is 12.7. The van der Waals surface area contributed by atoms with Crippen LogP contribution < -0.4 is 9.64 Å². The third-order valence-electron chi connectivity index (χ3n) is 7.57. The minimum absolute atomic E-state index is 0.0852. The van der Waals surface area contributed by atoms with Gasteiger partial charge in [-0.25, -0.2) is 4.39 Å². The van der Waals surface area contributed by atoms with Crippen molar-refractivity contribution in [2.45, 2.75) is 69.4 Å². The summed E-state index contributed by atoms with van der Waals surface area (Å²) in [6.07, 6.45) is -2.14. The Hall–Kier alpha value is -3.83. The number of carbonyl (C=O) groups excluding carboxylic acids is 2. The molecule has 3 unspecified atom stereocenters. The molecule has 3 atom stereocenters. The van der Waals surface area contributed by atoms with Crippen LogP contribution in [0.15, 0.2) is 36.4 Å². The van der Waals surface area contributed by atoms with E-state index in [0.29, 0.717) is 24.1 Å². The van der Waals surface area contributed by atoms with Gasteiger partial charge in [0.25, 0.3) is 5.91 Å². The van der Waals surface area contributed by atoms with Crippen LogP contribution in [0.3, 0.4) is 0 Å². The number of aliphatic carboxylic acids is 1. The second-order valence-electron chi connectivity index (χ2n) is 10.1. The Kier molecular flexibility index (Phi) is 6.90. The zero-order valence-corrected chi connectivity index (χ0v) is 20.7. The summed E-state index contributed by atoms with van der Waals surface area (Å²) >= 11 is 0. The van der Waals surface area contributed by atoms with E-state index in [9.17, 15) is 37.1 Å². The molecule has 2 fully saturated rings. The van der Waals surface area contributed by atoms with E-state index in [1.54, 1.807) is 4.90 Å². The van der Waals surface area contributed by atoms with Crippen LogP contribution in [-0.2, 0) is 9.59 Å². The second kappa shape index (κ2) is 10.0. The Morgan fingerprint density at radius 2 is 1.77 bits per heavy atom. The lowest BCUT2D eigenvalue weighted by molar-refractivity contribution is -0.275. The average Bonchev–Trinajstić information content (AvgIpc) is 3.58. The van der Waals surface area contributed by atoms with Gasteiger partial charge in [-0.2, -0.15) is 0 Å². The van der Waals surface area contributed by atoms with Crippen molar-refractivity contribution in [3.63, 3.8) is 0 Å². The highest BCUT2D eigenvalue weighted by Crippen LogP contribution is 2.53. The summed E-state index contributed by atoms with van der Waals surface area (Å²) in [6.45, 7) is 0. The van der Waals surface area contributed by atoms with Crippen LogP contribution >= 0.6 is 0 Å². The zero-order valence-electron chi connectivity index (χ0n) is 20.7. The van der Waals surface area contributed by atoms with Crippen LogP contribution in [0.25, 0.3) is 0 Å². The Bertz CT molecular complexity index is 1310. The molecule has 2 aromatic carbocycles. The Morgan fingerprint density at radius 1 is 1.03 bits per heavy atom. The fourth-order valence-electron chi connectivity index (χ4n) is 5.95. The molecule has 0 radical (unpaired) electrons. The van der Waals surface area contributed by atoms with Gasteiger partial charge in [-0.05, 0) is 62.1 Å². The standard InChI is InChI=1S/C27H26F4N2O6/c28-15-5-8-20-18(13-15)25(32(16-6-7-16)23(35)10-11-24(36)37)17-2-1-3-19(17)33(20)26(38)14-4-9-22(21(34)12-14)39-27(29,30)31/h4-5,8-9,12-13,16-17,19,25,34H,1-3,6-7,10-11H2,(H,36,37). The number of carboxylic acids is 1. The van der Waals surface area contributed by atoms with Crippen LogP contribution in [0.1, 0.15) is 66.9 Å². The fourth-order valence-corrected chi connectivity index (χ4v) is 5.95. The first kappa shape index (κ1) is 26.8. The quantitative estimate of drug-likeness (QED) is 0.462. The molecule has 2 amide bonds. The van der Waals surface area contributed by atoms with Crippen molar-refractivity contribution in [2.24, 2.45) is 5.92 Å². The number of phenolic OH excluding ortho intramolecular Hbond substituents is 1. The van der Waals surface area contributed by atoms with Crippen LogP contribution in [0.2, 0.25) is 0 Å². The van der Waals surface area contributed by atoms with Gasteiger partial charge in [-0.15, -0.1) is 13.2 Å².